The van der Waals surface area contributed by atoms with Gasteiger partial charge in [-0.25, -0.2) is 9.97 Å². The number of rotatable bonds is 3. The maximum absolute atomic E-state index is 12.4. The van der Waals surface area contributed by atoms with Crippen molar-refractivity contribution in [3.8, 4) is 0 Å². The average Bonchev–Trinajstić information content (AvgIpc) is 2.44. The number of anilines is 1. The Bertz CT molecular complexity index is 572. The molecule has 1 aromatic heterocycles. The number of aromatic nitrogens is 2. The van der Waals surface area contributed by atoms with Crippen molar-refractivity contribution in [1.29, 1.82) is 0 Å². The molecule has 0 atom stereocenters. The first-order chi connectivity index (χ1) is 9.82. The van der Waals surface area contributed by atoms with Gasteiger partial charge in [0.25, 0.3) is 5.91 Å². The topological polar surface area (TPSA) is 95.5 Å². The Morgan fingerprint density at radius 3 is 2.62 bits per heavy atom. The molecule has 1 aromatic rings. The van der Waals surface area contributed by atoms with Crippen LogP contribution in [0.3, 0.4) is 0 Å². The zero-order valence-electron chi connectivity index (χ0n) is 12.2. The molecule has 0 aliphatic carbocycles. The zero-order valence-corrected chi connectivity index (χ0v) is 12.2. The second-order valence-electron chi connectivity index (χ2n) is 5.32. The third-order valence-electron chi connectivity index (χ3n) is 3.35. The molecule has 21 heavy (non-hydrogen) atoms. The lowest BCUT2D eigenvalue weighted by molar-refractivity contribution is -0.154. The summed E-state index contributed by atoms with van der Waals surface area (Å²) in [5.41, 5.74) is -1.07. The minimum atomic E-state index is -1.07. The Hall–Kier alpha value is -2.51. The number of nitrogens with one attached hydrogen (secondary N) is 1. The Kier molecular flexibility index (Phi) is 3.88. The van der Waals surface area contributed by atoms with Crippen LogP contribution < -0.4 is 10.2 Å². The maximum Gasteiger partial charge on any atom is 0.252 e. The molecule has 112 valence electrons. The molecule has 1 aliphatic heterocycles. The van der Waals surface area contributed by atoms with E-state index in [1.54, 1.807) is 44.3 Å². The van der Waals surface area contributed by atoms with Gasteiger partial charge in [-0.3, -0.25) is 19.7 Å². The molecule has 8 nitrogen and oxygen atoms in total. The second kappa shape index (κ2) is 5.47. The van der Waals surface area contributed by atoms with Crippen LogP contribution in [0.25, 0.3) is 0 Å². The Morgan fingerprint density at radius 2 is 2.00 bits per heavy atom. The first kappa shape index (κ1) is 14.9. The van der Waals surface area contributed by atoms with Crippen LogP contribution in [0.4, 0.5) is 5.95 Å². The highest BCUT2D eigenvalue weighted by atomic mass is 16.2. The molecule has 0 bridgehead atoms. The van der Waals surface area contributed by atoms with E-state index in [1.165, 1.54) is 4.90 Å². The van der Waals surface area contributed by atoms with Gasteiger partial charge in [0.05, 0.1) is 6.54 Å². The predicted molar refractivity (Wildman–Crippen MR) is 74.2 cm³/mol. The predicted octanol–water partition coefficient (Wildman–Crippen LogP) is -0.824. The van der Waals surface area contributed by atoms with Gasteiger partial charge in [-0.05, 0) is 19.9 Å². The van der Waals surface area contributed by atoms with Gasteiger partial charge in [0.1, 0.15) is 12.1 Å². The molecule has 0 radical (unpaired) electrons. The van der Waals surface area contributed by atoms with Crippen LogP contribution >= 0.6 is 0 Å². The summed E-state index contributed by atoms with van der Waals surface area (Å²) in [4.78, 5) is 46.6. The number of hydrogen-bond donors (Lipinski definition) is 1. The molecule has 0 aromatic carbocycles. The Balaban J connectivity index is 2.12. The van der Waals surface area contributed by atoms with Crippen LogP contribution in [0.15, 0.2) is 18.5 Å². The van der Waals surface area contributed by atoms with E-state index in [-0.39, 0.29) is 19.0 Å². The molecule has 1 saturated heterocycles. The lowest BCUT2D eigenvalue weighted by Crippen LogP contribution is -2.66. The highest BCUT2D eigenvalue weighted by Crippen LogP contribution is 2.18. The van der Waals surface area contributed by atoms with E-state index >= 15 is 0 Å². The molecule has 8 heteroatoms. The third-order valence-corrected chi connectivity index (χ3v) is 3.35. The van der Waals surface area contributed by atoms with Crippen molar-refractivity contribution in [1.82, 2.24) is 20.2 Å². The van der Waals surface area contributed by atoms with Gasteiger partial charge in [-0.2, -0.15) is 0 Å². The van der Waals surface area contributed by atoms with Crippen LogP contribution in [-0.4, -0.2) is 58.3 Å². The van der Waals surface area contributed by atoms with Crippen molar-refractivity contribution in [3.05, 3.63) is 18.5 Å². The van der Waals surface area contributed by atoms with Gasteiger partial charge >= 0.3 is 0 Å². The van der Waals surface area contributed by atoms with Crippen molar-refractivity contribution in [3.63, 3.8) is 0 Å². The van der Waals surface area contributed by atoms with Gasteiger partial charge in [0.2, 0.25) is 17.8 Å². The number of amides is 3. The monoisotopic (exact) mass is 291 g/mol. The SMILES string of the molecule is CN(CC(=O)N1CC(=O)NC(=O)C1(C)C)c1ncccn1. The number of nitrogens with zero attached hydrogens (tertiary/aromatic N) is 4. The minimum Gasteiger partial charge on any atom is -0.335 e. The summed E-state index contributed by atoms with van der Waals surface area (Å²) in [6.07, 6.45) is 3.15. The van der Waals surface area contributed by atoms with Crippen molar-refractivity contribution >= 4 is 23.7 Å². The number of carbonyl (C=O) groups is 3. The van der Waals surface area contributed by atoms with Crippen LogP contribution in [-0.2, 0) is 14.4 Å². The standard InChI is InChI=1S/C13H17N5O3/c1-13(2)11(21)16-9(19)7-18(13)10(20)8-17(3)12-14-5-4-6-15-12/h4-6H,7-8H2,1-3H3,(H,16,19,21). The fourth-order valence-corrected chi connectivity index (χ4v) is 2.03. The number of likely N-dealkylation sites (N-methyl/N-ethyl adjacent to an activating group) is 1. The minimum absolute atomic E-state index is 0.0198. The molecular weight excluding hydrogens is 274 g/mol. The number of imide groups is 1. The van der Waals surface area contributed by atoms with E-state index in [1.807, 2.05) is 0 Å². The van der Waals surface area contributed by atoms with Gasteiger partial charge < -0.3 is 9.80 Å². The van der Waals surface area contributed by atoms with E-state index in [9.17, 15) is 14.4 Å². The highest BCUT2D eigenvalue weighted by Gasteiger charge is 2.43. The highest BCUT2D eigenvalue weighted by molar-refractivity contribution is 6.06. The van der Waals surface area contributed by atoms with Crippen LogP contribution in [0.2, 0.25) is 0 Å². The first-order valence-corrected chi connectivity index (χ1v) is 6.45. The fourth-order valence-electron chi connectivity index (χ4n) is 2.03. The number of piperazine rings is 1. The molecule has 1 N–H and O–H groups in total. The fraction of sp³-hybridized carbons (Fsp3) is 0.462. The van der Waals surface area contributed by atoms with Crippen LogP contribution in [0.1, 0.15) is 13.8 Å². The number of carbonyl (C=O) groups excluding carboxylic acids is 3. The van der Waals surface area contributed by atoms with Crippen LogP contribution in [0.5, 0.6) is 0 Å². The summed E-state index contributed by atoms with van der Waals surface area (Å²) >= 11 is 0. The van der Waals surface area contributed by atoms with E-state index in [2.05, 4.69) is 15.3 Å². The summed E-state index contributed by atoms with van der Waals surface area (Å²) in [5, 5.41) is 2.23. The van der Waals surface area contributed by atoms with E-state index in [4.69, 9.17) is 0 Å². The van der Waals surface area contributed by atoms with Crippen LogP contribution in [0, 0.1) is 0 Å². The maximum atomic E-state index is 12.4. The van der Waals surface area contributed by atoms with Crippen molar-refractivity contribution in [2.45, 2.75) is 19.4 Å². The summed E-state index contributed by atoms with van der Waals surface area (Å²) in [6, 6.07) is 1.68. The van der Waals surface area contributed by atoms with Crippen molar-refractivity contribution in [2.75, 3.05) is 25.0 Å². The zero-order chi connectivity index (χ0) is 15.6. The largest absolute Gasteiger partial charge is 0.335 e. The van der Waals surface area contributed by atoms with E-state index in [0.29, 0.717) is 5.95 Å². The normalized spacial score (nSPS) is 17.4. The molecule has 2 rings (SSSR count). The van der Waals surface area contributed by atoms with E-state index < -0.39 is 17.4 Å². The average molecular weight is 291 g/mol. The lowest BCUT2D eigenvalue weighted by Gasteiger charge is -2.40. The van der Waals surface area contributed by atoms with Crippen molar-refractivity contribution < 1.29 is 14.4 Å². The first-order valence-electron chi connectivity index (χ1n) is 6.45. The Labute approximate surface area is 122 Å². The number of hydrogen-bond acceptors (Lipinski definition) is 6. The quantitative estimate of drug-likeness (QED) is 0.731. The molecule has 1 aliphatic rings. The molecular formula is C13H17N5O3. The van der Waals surface area contributed by atoms with Gasteiger partial charge in [0.15, 0.2) is 0 Å². The molecule has 3 amide bonds. The molecule has 1 fully saturated rings. The smallest absolute Gasteiger partial charge is 0.252 e. The van der Waals surface area contributed by atoms with Gasteiger partial charge in [0, 0.05) is 19.4 Å². The lowest BCUT2D eigenvalue weighted by atomic mass is 9.98. The summed E-state index contributed by atoms with van der Waals surface area (Å²) in [7, 11) is 1.67. The third kappa shape index (κ3) is 2.99. The molecule has 0 unspecified atom stereocenters. The summed E-state index contributed by atoms with van der Waals surface area (Å²) < 4.78 is 0. The summed E-state index contributed by atoms with van der Waals surface area (Å²) in [6.45, 7) is 3.05. The van der Waals surface area contributed by atoms with E-state index in [0.717, 1.165) is 0 Å². The second-order valence-corrected chi connectivity index (χ2v) is 5.32. The summed E-state index contributed by atoms with van der Waals surface area (Å²) in [5.74, 6) is -0.897. The molecule has 0 saturated carbocycles. The van der Waals surface area contributed by atoms with Crippen molar-refractivity contribution in [2.24, 2.45) is 0 Å². The molecule has 2 heterocycles. The van der Waals surface area contributed by atoms with Gasteiger partial charge in [-0.1, -0.05) is 0 Å². The molecule has 0 spiro atoms. The van der Waals surface area contributed by atoms with Gasteiger partial charge in [-0.15, -0.1) is 0 Å². The Morgan fingerprint density at radius 1 is 1.38 bits per heavy atom.